The normalized spacial score (nSPS) is 15.8. The fourth-order valence-electron chi connectivity index (χ4n) is 2.71. The minimum atomic E-state index is -1.67. The number of hydrogen-bond acceptors (Lipinski definition) is 0. The molecule has 0 amide bonds. The Labute approximate surface area is 148 Å². The van der Waals surface area contributed by atoms with Crippen molar-refractivity contribution in [1.29, 1.82) is 0 Å². The van der Waals surface area contributed by atoms with E-state index in [-0.39, 0.29) is 5.92 Å². The van der Waals surface area contributed by atoms with Crippen molar-refractivity contribution in [1.82, 2.24) is 0 Å². The second kappa shape index (κ2) is 6.86. The van der Waals surface area contributed by atoms with Crippen molar-refractivity contribution in [2.45, 2.75) is 54.3 Å². The lowest BCUT2D eigenvalue weighted by Gasteiger charge is -2.21. The zero-order valence-electron chi connectivity index (χ0n) is 19.5. The van der Waals surface area contributed by atoms with Crippen LogP contribution in [0, 0.1) is 18.3 Å². The van der Waals surface area contributed by atoms with Crippen LogP contribution in [0.5, 0.6) is 0 Å². The lowest BCUT2D eigenvalue weighted by atomic mass is 9.85. The van der Waals surface area contributed by atoms with Gasteiger partial charge in [-0.1, -0.05) is 52.8 Å². The molecular weight excluding hydrogens is 278 g/mol. The van der Waals surface area contributed by atoms with Gasteiger partial charge in [-0.25, -0.2) is 4.57 Å². The van der Waals surface area contributed by atoms with Gasteiger partial charge in [0.25, 0.3) is 0 Å². The Balaban J connectivity index is 2.88. The van der Waals surface area contributed by atoms with Crippen molar-refractivity contribution >= 4 is 0 Å². The van der Waals surface area contributed by atoms with Crippen LogP contribution in [0.1, 0.15) is 56.8 Å². The number of hydrogen-bond donors (Lipinski definition) is 0. The summed E-state index contributed by atoms with van der Waals surface area (Å²) in [5.74, 6) is -0.274. The van der Waals surface area contributed by atoms with E-state index in [0.29, 0.717) is 11.1 Å². The maximum Gasteiger partial charge on any atom is 0.212 e. The third kappa shape index (κ3) is 4.67. The summed E-state index contributed by atoms with van der Waals surface area (Å²) in [6, 6.07) is 9.87. The van der Waals surface area contributed by atoms with Gasteiger partial charge in [-0.3, -0.25) is 0 Å². The van der Waals surface area contributed by atoms with Gasteiger partial charge in [0.05, 0.1) is 0 Å². The molecule has 124 valence electrons. The highest BCUT2D eigenvalue weighted by Gasteiger charge is 2.21. The fourth-order valence-corrected chi connectivity index (χ4v) is 2.71. The SMILES string of the molecule is [2H]C([2H])(c1cc(-c2ccccc2C)[n+](C)cc1C([2H])([2H])C(C)(C)C)C(C)C. The van der Waals surface area contributed by atoms with Crippen LogP contribution in [0.4, 0.5) is 0 Å². The van der Waals surface area contributed by atoms with Crippen LogP contribution in [0.3, 0.4) is 0 Å². The molecule has 0 aliphatic rings. The Morgan fingerprint density at radius 2 is 1.78 bits per heavy atom. The van der Waals surface area contributed by atoms with Crippen molar-refractivity contribution in [3.8, 4) is 11.3 Å². The van der Waals surface area contributed by atoms with E-state index in [0.717, 1.165) is 16.8 Å². The first-order valence-electron chi connectivity index (χ1n) is 10.3. The number of rotatable bonds is 4. The van der Waals surface area contributed by atoms with E-state index >= 15 is 0 Å². The molecule has 23 heavy (non-hydrogen) atoms. The fraction of sp³-hybridized carbons (Fsp3) is 0.500. The molecule has 2 rings (SSSR count). The summed E-state index contributed by atoms with van der Waals surface area (Å²) in [6.07, 6.45) is -1.53. The zero-order valence-corrected chi connectivity index (χ0v) is 15.5. The Morgan fingerprint density at radius 1 is 1.13 bits per heavy atom. The summed E-state index contributed by atoms with van der Waals surface area (Å²) >= 11 is 0. The molecule has 0 spiro atoms. The average Bonchev–Trinajstić information content (AvgIpc) is 2.54. The number of nitrogens with zero attached hydrogens (tertiary/aromatic N) is 1. The predicted octanol–water partition coefficient (Wildman–Crippen LogP) is 5.27. The van der Waals surface area contributed by atoms with Gasteiger partial charge in [-0.05, 0) is 48.2 Å². The highest BCUT2D eigenvalue weighted by Crippen LogP contribution is 2.27. The van der Waals surface area contributed by atoms with Crippen LogP contribution in [-0.4, -0.2) is 0 Å². The van der Waals surface area contributed by atoms with Crippen molar-refractivity contribution in [3.63, 3.8) is 0 Å². The first-order valence-corrected chi connectivity index (χ1v) is 8.32. The Kier molecular flexibility index (Phi) is 3.81. The molecule has 0 unspecified atom stereocenters. The maximum atomic E-state index is 8.78. The molecule has 0 N–H and O–H groups in total. The van der Waals surface area contributed by atoms with E-state index in [2.05, 4.69) is 0 Å². The lowest BCUT2D eigenvalue weighted by molar-refractivity contribution is -0.660. The van der Waals surface area contributed by atoms with Crippen LogP contribution in [0.15, 0.2) is 36.5 Å². The largest absolute Gasteiger partial charge is 0.212 e. The molecule has 0 saturated heterocycles. The number of aryl methyl sites for hydroxylation is 2. The standard InChI is InChI=1S/C22H32N/c1-16(2)12-18-13-21(20-11-9-8-10-17(20)3)23(7)15-19(18)14-22(4,5)6/h8-11,13,15-16H,12,14H2,1-7H3/q+1/i12D2,14D2. The molecule has 1 nitrogen and oxygen atoms in total. The van der Waals surface area contributed by atoms with Gasteiger partial charge in [0, 0.05) is 22.7 Å². The number of benzene rings is 1. The molecule has 0 atom stereocenters. The Morgan fingerprint density at radius 3 is 2.35 bits per heavy atom. The molecule has 0 aliphatic carbocycles. The summed E-state index contributed by atoms with van der Waals surface area (Å²) in [5.41, 5.74) is 3.23. The van der Waals surface area contributed by atoms with Crippen molar-refractivity contribution < 1.29 is 10.1 Å². The average molecular weight is 315 g/mol. The van der Waals surface area contributed by atoms with Gasteiger partial charge in [-0.2, -0.15) is 0 Å². The van der Waals surface area contributed by atoms with E-state index in [1.54, 1.807) is 6.20 Å². The number of pyridine rings is 1. The third-order valence-electron chi connectivity index (χ3n) is 3.65. The summed E-state index contributed by atoms with van der Waals surface area (Å²) in [4.78, 5) is 0. The second-order valence-corrected chi connectivity index (χ2v) is 7.59. The van der Waals surface area contributed by atoms with Gasteiger partial charge in [0.15, 0.2) is 6.20 Å². The maximum absolute atomic E-state index is 8.78. The molecule has 0 bridgehead atoms. The van der Waals surface area contributed by atoms with Gasteiger partial charge in [0.2, 0.25) is 5.69 Å². The third-order valence-corrected chi connectivity index (χ3v) is 3.65. The van der Waals surface area contributed by atoms with E-state index in [9.17, 15) is 0 Å². The Hall–Kier alpha value is -1.63. The first kappa shape index (κ1) is 12.8. The molecule has 0 radical (unpaired) electrons. The predicted molar refractivity (Wildman–Crippen MR) is 99.5 cm³/mol. The first-order chi connectivity index (χ1) is 12.2. The van der Waals surface area contributed by atoms with Gasteiger partial charge >= 0.3 is 0 Å². The van der Waals surface area contributed by atoms with Crippen LogP contribution in [0.25, 0.3) is 11.3 Å². The molecule has 1 heteroatoms. The van der Waals surface area contributed by atoms with Crippen molar-refractivity contribution in [3.05, 3.63) is 53.2 Å². The highest BCUT2D eigenvalue weighted by atomic mass is 14.9. The van der Waals surface area contributed by atoms with Crippen LogP contribution in [-0.2, 0) is 19.8 Å². The minimum absolute atomic E-state index is 0.274. The van der Waals surface area contributed by atoms with E-state index in [4.69, 9.17) is 5.48 Å². The van der Waals surface area contributed by atoms with Gasteiger partial charge < -0.3 is 0 Å². The quantitative estimate of drug-likeness (QED) is 0.677. The summed E-state index contributed by atoms with van der Waals surface area (Å²) in [5, 5.41) is 0. The molecule has 0 aliphatic heterocycles. The second-order valence-electron chi connectivity index (χ2n) is 7.59. The van der Waals surface area contributed by atoms with Crippen molar-refractivity contribution in [2.75, 3.05) is 0 Å². The summed E-state index contributed by atoms with van der Waals surface area (Å²) in [7, 11) is 1.90. The molecule has 2 aromatic rings. The minimum Gasteiger partial charge on any atom is -0.201 e. The molecule has 1 aromatic heterocycles. The topological polar surface area (TPSA) is 3.88 Å². The number of aromatic nitrogens is 1. The molecular formula is C22H32N+. The smallest absolute Gasteiger partial charge is 0.201 e. The van der Waals surface area contributed by atoms with Crippen LogP contribution < -0.4 is 4.57 Å². The van der Waals surface area contributed by atoms with Gasteiger partial charge in [0.1, 0.15) is 7.05 Å². The molecule has 0 fully saturated rings. The zero-order chi connectivity index (χ0) is 20.8. The van der Waals surface area contributed by atoms with Crippen molar-refractivity contribution in [2.24, 2.45) is 18.4 Å². The van der Waals surface area contributed by atoms with E-state index in [1.807, 2.05) is 83.5 Å². The van der Waals surface area contributed by atoms with Gasteiger partial charge in [-0.15, -0.1) is 0 Å². The summed E-state index contributed by atoms with van der Waals surface area (Å²) in [6.45, 7) is 11.3. The van der Waals surface area contributed by atoms with Crippen LogP contribution >= 0.6 is 0 Å². The van der Waals surface area contributed by atoms with Crippen LogP contribution in [0.2, 0.25) is 0 Å². The van der Waals surface area contributed by atoms with E-state index < -0.39 is 18.2 Å². The summed E-state index contributed by atoms with van der Waals surface area (Å²) < 4.78 is 36.9. The molecule has 0 saturated carbocycles. The lowest BCUT2D eigenvalue weighted by Crippen LogP contribution is -2.33. The molecule has 1 heterocycles. The molecule has 1 aromatic carbocycles. The Bertz CT molecular complexity index is 833. The monoisotopic (exact) mass is 314 g/mol. The highest BCUT2D eigenvalue weighted by molar-refractivity contribution is 5.61. The van der Waals surface area contributed by atoms with E-state index in [1.165, 1.54) is 0 Å².